The van der Waals surface area contributed by atoms with Crippen LogP contribution in [-0.4, -0.2) is 16.8 Å². The summed E-state index contributed by atoms with van der Waals surface area (Å²) in [5.74, 6) is 0.0231. The van der Waals surface area contributed by atoms with Crippen LogP contribution in [0, 0.1) is 18.3 Å². The maximum absolute atomic E-state index is 9.58. The average molecular weight is 205 g/mol. The summed E-state index contributed by atoms with van der Waals surface area (Å²) >= 11 is 0. The van der Waals surface area contributed by atoms with Crippen LogP contribution in [0.15, 0.2) is 12.1 Å². The van der Waals surface area contributed by atoms with Crippen molar-refractivity contribution in [3.63, 3.8) is 0 Å². The predicted octanol–water partition coefficient (Wildman–Crippen LogP) is 1.84. The molecule has 0 amide bonds. The molecule has 0 aliphatic heterocycles. The van der Waals surface area contributed by atoms with Crippen molar-refractivity contribution < 1.29 is 10.2 Å². The number of aromatic hydroxyl groups is 1. The normalized spacial score (nSPS) is 11.1. The van der Waals surface area contributed by atoms with E-state index in [1.165, 1.54) is 0 Å². The molecule has 0 aliphatic rings. The van der Waals surface area contributed by atoms with Gasteiger partial charge >= 0.3 is 0 Å². The van der Waals surface area contributed by atoms with Crippen molar-refractivity contribution in [3.05, 3.63) is 28.8 Å². The van der Waals surface area contributed by atoms with Gasteiger partial charge in [0.1, 0.15) is 11.8 Å². The lowest BCUT2D eigenvalue weighted by atomic mass is 9.84. The van der Waals surface area contributed by atoms with Gasteiger partial charge in [-0.05, 0) is 24.1 Å². The second kappa shape index (κ2) is 3.92. The lowest BCUT2D eigenvalue weighted by Crippen LogP contribution is -2.22. The Morgan fingerprint density at radius 1 is 1.40 bits per heavy atom. The molecule has 3 nitrogen and oxygen atoms in total. The van der Waals surface area contributed by atoms with Gasteiger partial charge in [0.2, 0.25) is 0 Å². The third-order valence-corrected chi connectivity index (χ3v) is 2.60. The number of aliphatic hydroxyl groups is 1. The first kappa shape index (κ1) is 11.5. The maximum atomic E-state index is 9.58. The van der Waals surface area contributed by atoms with E-state index in [1.54, 1.807) is 19.1 Å². The Bertz CT molecular complexity index is 416. The summed E-state index contributed by atoms with van der Waals surface area (Å²) in [7, 11) is 0. The maximum Gasteiger partial charge on any atom is 0.136 e. The highest BCUT2D eigenvalue weighted by atomic mass is 16.3. The molecule has 0 saturated heterocycles. The van der Waals surface area contributed by atoms with Gasteiger partial charge in [0.15, 0.2) is 0 Å². The van der Waals surface area contributed by atoms with Gasteiger partial charge in [-0.2, -0.15) is 5.26 Å². The standard InChI is InChI=1S/C12H15NO2/c1-8-4-10(12(2,3)7-14)5-9(6-13)11(8)15/h4-5,14-15H,7H2,1-3H3. The molecule has 0 atom stereocenters. The third-order valence-electron chi connectivity index (χ3n) is 2.60. The Morgan fingerprint density at radius 2 is 2.00 bits per heavy atom. The van der Waals surface area contributed by atoms with Gasteiger partial charge in [-0.1, -0.05) is 19.9 Å². The van der Waals surface area contributed by atoms with Crippen LogP contribution in [0.2, 0.25) is 0 Å². The summed E-state index contributed by atoms with van der Waals surface area (Å²) in [6.07, 6.45) is 0. The number of aliphatic hydroxyl groups excluding tert-OH is 1. The molecule has 0 unspecified atom stereocenters. The van der Waals surface area contributed by atoms with E-state index in [4.69, 9.17) is 5.26 Å². The molecule has 80 valence electrons. The first-order chi connectivity index (χ1) is 6.92. The molecule has 0 bridgehead atoms. The quantitative estimate of drug-likeness (QED) is 0.774. The molecule has 1 rings (SSSR count). The summed E-state index contributed by atoms with van der Waals surface area (Å²) in [6, 6.07) is 5.36. The smallest absolute Gasteiger partial charge is 0.136 e. The average Bonchev–Trinajstić information content (AvgIpc) is 2.21. The number of aryl methyl sites for hydroxylation is 1. The topological polar surface area (TPSA) is 64.2 Å². The monoisotopic (exact) mass is 205 g/mol. The zero-order chi connectivity index (χ0) is 11.6. The van der Waals surface area contributed by atoms with E-state index >= 15 is 0 Å². The van der Waals surface area contributed by atoms with Crippen LogP contribution in [0.5, 0.6) is 5.75 Å². The molecule has 3 heteroatoms. The molecule has 15 heavy (non-hydrogen) atoms. The zero-order valence-electron chi connectivity index (χ0n) is 9.20. The predicted molar refractivity (Wildman–Crippen MR) is 57.7 cm³/mol. The highest BCUT2D eigenvalue weighted by molar-refractivity contribution is 5.50. The molecule has 0 fully saturated rings. The van der Waals surface area contributed by atoms with Crippen LogP contribution in [0.4, 0.5) is 0 Å². The number of hydrogen-bond acceptors (Lipinski definition) is 3. The second-order valence-corrected chi connectivity index (χ2v) is 4.34. The number of nitriles is 1. The minimum atomic E-state index is -0.399. The number of nitrogens with zero attached hydrogens (tertiary/aromatic N) is 1. The number of phenols is 1. The molecule has 0 saturated carbocycles. The lowest BCUT2D eigenvalue weighted by Gasteiger charge is -2.23. The van der Waals surface area contributed by atoms with Gasteiger partial charge in [0.05, 0.1) is 12.2 Å². The van der Waals surface area contributed by atoms with E-state index in [0.717, 1.165) is 5.56 Å². The van der Waals surface area contributed by atoms with Crippen LogP contribution in [-0.2, 0) is 5.41 Å². The highest BCUT2D eigenvalue weighted by Gasteiger charge is 2.21. The van der Waals surface area contributed by atoms with Crippen molar-refractivity contribution in [2.45, 2.75) is 26.2 Å². The zero-order valence-corrected chi connectivity index (χ0v) is 9.20. The fourth-order valence-corrected chi connectivity index (χ4v) is 1.35. The number of benzene rings is 1. The fourth-order valence-electron chi connectivity index (χ4n) is 1.35. The molecule has 0 aliphatic carbocycles. The van der Waals surface area contributed by atoms with Gasteiger partial charge in [0, 0.05) is 5.41 Å². The molecule has 2 N–H and O–H groups in total. The molecule has 1 aromatic rings. The lowest BCUT2D eigenvalue weighted by molar-refractivity contribution is 0.218. The summed E-state index contributed by atoms with van der Waals surface area (Å²) in [6.45, 7) is 5.52. The SMILES string of the molecule is Cc1cc(C(C)(C)CO)cc(C#N)c1O. The van der Waals surface area contributed by atoms with Gasteiger partial charge in [-0.25, -0.2) is 0 Å². The van der Waals surface area contributed by atoms with Crippen LogP contribution in [0.25, 0.3) is 0 Å². The molecular weight excluding hydrogens is 190 g/mol. The van der Waals surface area contributed by atoms with Crippen molar-refractivity contribution in [2.24, 2.45) is 0 Å². The number of hydrogen-bond donors (Lipinski definition) is 2. The first-order valence-electron chi connectivity index (χ1n) is 4.77. The van der Waals surface area contributed by atoms with E-state index in [2.05, 4.69) is 0 Å². The minimum Gasteiger partial charge on any atom is -0.506 e. The second-order valence-electron chi connectivity index (χ2n) is 4.34. The van der Waals surface area contributed by atoms with Crippen LogP contribution in [0.3, 0.4) is 0 Å². The van der Waals surface area contributed by atoms with Gasteiger partial charge in [0.25, 0.3) is 0 Å². The summed E-state index contributed by atoms with van der Waals surface area (Å²) in [5.41, 5.74) is 1.37. The van der Waals surface area contributed by atoms with Gasteiger partial charge < -0.3 is 10.2 Å². The van der Waals surface area contributed by atoms with E-state index in [1.807, 2.05) is 19.9 Å². The Morgan fingerprint density at radius 3 is 2.47 bits per heavy atom. The van der Waals surface area contributed by atoms with E-state index in [-0.39, 0.29) is 17.9 Å². The molecule has 0 radical (unpaired) electrons. The van der Waals surface area contributed by atoms with Gasteiger partial charge in [-0.3, -0.25) is 0 Å². The fraction of sp³-hybridized carbons (Fsp3) is 0.417. The summed E-state index contributed by atoms with van der Waals surface area (Å²) < 4.78 is 0. The molecule has 0 heterocycles. The molecular formula is C12H15NO2. The molecule has 1 aromatic carbocycles. The third kappa shape index (κ3) is 2.11. The van der Waals surface area contributed by atoms with Crippen molar-refractivity contribution in [2.75, 3.05) is 6.61 Å². The minimum absolute atomic E-state index is 0.00207. The Labute approximate surface area is 89.6 Å². The summed E-state index contributed by atoms with van der Waals surface area (Å²) in [5, 5.41) is 27.6. The van der Waals surface area contributed by atoms with Crippen molar-refractivity contribution >= 4 is 0 Å². The van der Waals surface area contributed by atoms with E-state index in [0.29, 0.717) is 5.56 Å². The van der Waals surface area contributed by atoms with E-state index in [9.17, 15) is 10.2 Å². The highest BCUT2D eigenvalue weighted by Crippen LogP contribution is 2.30. The van der Waals surface area contributed by atoms with Crippen molar-refractivity contribution in [1.82, 2.24) is 0 Å². The number of phenolic OH excluding ortho intramolecular Hbond substituents is 1. The van der Waals surface area contributed by atoms with Crippen LogP contribution < -0.4 is 0 Å². The molecule has 0 spiro atoms. The van der Waals surface area contributed by atoms with Crippen molar-refractivity contribution in [3.8, 4) is 11.8 Å². The Kier molecular flexibility index (Phi) is 3.01. The van der Waals surface area contributed by atoms with Crippen LogP contribution in [0.1, 0.15) is 30.5 Å². The van der Waals surface area contributed by atoms with Gasteiger partial charge in [-0.15, -0.1) is 0 Å². The van der Waals surface area contributed by atoms with E-state index < -0.39 is 5.41 Å². The Balaban J connectivity index is 3.36. The Hall–Kier alpha value is -1.53. The first-order valence-corrected chi connectivity index (χ1v) is 4.77. The number of rotatable bonds is 2. The largest absolute Gasteiger partial charge is 0.506 e. The summed E-state index contributed by atoms with van der Waals surface area (Å²) in [4.78, 5) is 0. The van der Waals surface area contributed by atoms with Crippen molar-refractivity contribution in [1.29, 1.82) is 5.26 Å². The van der Waals surface area contributed by atoms with Crippen LogP contribution >= 0.6 is 0 Å². The molecule has 0 aromatic heterocycles.